The first kappa shape index (κ1) is 16.3. The van der Waals surface area contributed by atoms with Crippen molar-refractivity contribution in [3.8, 4) is 0 Å². The molecular weight excluding hydrogens is 281 g/mol. The molecule has 0 spiro atoms. The van der Waals surface area contributed by atoms with E-state index in [0.717, 1.165) is 32.5 Å². The molecule has 0 bridgehead atoms. The molecule has 2 radical (unpaired) electrons. The van der Waals surface area contributed by atoms with E-state index in [1.54, 1.807) is 0 Å². The molecule has 3 heteroatoms. The van der Waals surface area contributed by atoms with Crippen LogP contribution in [0.3, 0.4) is 0 Å². The van der Waals surface area contributed by atoms with E-state index in [0.29, 0.717) is 16.7 Å². The van der Waals surface area contributed by atoms with Crippen molar-refractivity contribution in [2.24, 2.45) is 0 Å². The number of hydrogen-bond acceptors (Lipinski definition) is 1. The van der Waals surface area contributed by atoms with E-state index in [4.69, 9.17) is 13.1 Å². The van der Waals surface area contributed by atoms with E-state index in [-0.39, 0.29) is 6.61 Å². The Kier molecular flexibility index (Phi) is 5.19. The summed E-state index contributed by atoms with van der Waals surface area (Å²) in [5, 5.41) is 9.09. The van der Waals surface area contributed by atoms with Crippen molar-refractivity contribution < 1.29 is 9.50 Å². The van der Waals surface area contributed by atoms with Gasteiger partial charge in [0.25, 0.3) is 0 Å². The van der Waals surface area contributed by atoms with Crippen molar-refractivity contribution in [1.29, 1.82) is 0 Å². The number of quaternary nitrogens is 1. The molecule has 3 rings (SSSR count). The fourth-order valence-electron chi connectivity index (χ4n) is 3.67. The lowest BCUT2D eigenvalue weighted by molar-refractivity contribution is -0.836. The van der Waals surface area contributed by atoms with Gasteiger partial charge in [0.1, 0.15) is 0 Å². The Morgan fingerprint density at radius 3 is 2.35 bits per heavy atom. The molecule has 2 aromatic carbocycles. The Morgan fingerprint density at radius 1 is 0.957 bits per heavy atom. The minimum absolute atomic E-state index is 0.199. The molecule has 1 aliphatic rings. The molecule has 0 aromatic heterocycles. The topological polar surface area (TPSA) is 20.2 Å². The second kappa shape index (κ2) is 7.33. The van der Waals surface area contributed by atoms with Crippen LogP contribution in [0.5, 0.6) is 0 Å². The van der Waals surface area contributed by atoms with Gasteiger partial charge >= 0.3 is 7.98 Å². The molecule has 2 aromatic rings. The zero-order chi connectivity index (χ0) is 16.1. The van der Waals surface area contributed by atoms with E-state index in [2.05, 4.69) is 54.6 Å². The highest BCUT2D eigenvalue weighted by Gasteiger charge is 2.30. The Balaban J connectivity index is 1.62. The Labute approximate surface area is 140 Å². The molecule has 1 N–H and O–H groups in total. The van der Waals surface area contributed by atoms with E-state index >= 15 is 0 Å². The summed E-state index contributed by atoms with van der Waals surface area (Å²) in [6.45, 7) is 3.11. The molecule has 0 aliphatic carbocycles. The average Bonchev–Trinajstić information content (AvgIpc) is 2.57. The molecule has 1 fully saturated rings. The fourth-order valence-corrected chi connectivity index (χ4v) is 3.67. The zero-order valence-corrected chi connectivity index (χ0v) is 13.7. The highest BCUT2D eigenvalue weighted by atomic mass is 16.2. The number of benzene rings is 2. The normalized spacial score (nSPS) is 24.5. The third-order valence-electron chi connectivity index (χ3n) is 5.01. The van der Waals surface area contributed by atoms with Gasteiger partial charge < -0.3 is 9.50 Å². The van der Waals surface area contributed by atoms with Gasteiger partial charge in [0.05, 0.1) is 19.6 Å². The quantitative estimate of drug-likeness (QED) is 0.841. The maximum atomic E-state index is 9.09. The summed E-state index contributed by atoms with van der Waals surface area (Å²) in [7, 11) is 6.64. The number of aliphatic hydroxyl groups is 1. The van der Waals surface area contributed by atoms with Crippen LogP contribution in [0.2, 0.25) is 0 Å². The van der Waals surface area contributed by atoms with Gasteiger partial charge in [-0.15, -0.1) is 0 Å². The van der Waals surface area contributed by atoms with Crippen molar-refractivity contribution in [2.45, 2.75) is 31.7 Å². The molecule has 23 heavy (non-hydrogen) atoms. The van der Waals surface area contributed by atoms with Gasteiger partial charge in [0.15, 0.2) is 0 Å². The van der Waals surface area contributed by atoms with Crippen molar-refractivity contribution in [3.05, 3.63) is 71.3 Å². The highest BCUT2D eigenvalue weighted by Crippen LogP contribution is 2.31. The fraction of sp³-hybridized carbons (Fsp3) is 0.400. The monoisotopic (exact) mass is 306 g/mol. The van der Waals surface area contributed by atoms with E-state index in [1.165, 1.54) is 16.7 Å². The first-order valence-electron chi connectivity index (χ1n) is 8.57. The molecule has 2 nitrogen and oxygen atoms in total. The van der Waals surface area contributed by atoms with Gasteiger partial charge in [-0.1, -0.05) is 54.6 Å². The van der Waals surface area contributed by atoms with Crippen molar-refractivity contribution >= 4 is 7.98 Å². The number of piperidine rings is 1. The second-order valence-electron chi connectivity index (χ2n) is 6.80. The van der Waals surface area contributed by atoms with Gasteiger partial charge in [-0.3, -0.25) is 0 Å². The summed E-state index contributed by atoms with van der Waals surface area (Å²) in [5.41, 5.74) is 3.91. The molecule has 0 amide bonds. The Hall–Kier alpha value is -1.58. The largest absolute Gasteiger partial charge is 0.481 e. The van der Waals surface area contributed by atoms with Crippen molar-refractivity contribution in [1.82, 2.24) is 0 Å². The molecular formula is C20H25BNO+. The van der Waals surface area contributed by atoms with Crippen LogP contribution < -0.4 is 0 Å². The summed E-state index contributed by atoms with van der Waals surface area (Å²) in [6.07, 6.45) is 3.02. The van der Waals surface area contributed by atoms with Crippen molar-refractivity contribution in [2.75, 3.05) is 19.7 Å². The number of nitrogens with zero attached hydrogens (tertiary/aromatic N) is 1. The van der Waals surface area contributed by atoms with Gasteiger partial charge in [0.2, 0.25) is 0 Å². The maximum absolute atomic E-state index is 9.09. The van der Waals surface area contributed by atoms with E-state index < -0.39 is 0 Å². The Bertz CT molecular complexity index is 621. The highest BCUT2D eigenvalue weighted by molar-refractivity contribution is 5.97. The number of aliphatic hydroxyl groups excluding tert-OH is 1. The number of rotatable bonds is 5. The summed E-state index contributed by atoms with van der Waals surface area (Å²) in [5.74, 6) is 0.645. The van der Waals surface area contributed by atoms with Crippen LogP contribution in [-0.4, -0.2) is 37.2 Å². The van der Waals surface area contributed by atoms with Crippen LogP contribution in [0, 0.1) is 0 Å². The van der Waals surface area contributed by atoms with Gasteiger partial charge in [-0.2, -0.15) is 0 Å². The van der Waals surface area contributed by atoms with Crippen LogP contribution in [0.15, 0.2) is 54.6 Å². The third kappa shape index (κ3) is 4.24. The number of likely N-dealkylation sites (tertiary alicyclic amines) is 1. The van der Waals surface area contributed by atoms with Crippen LogP contribution >= 0.6 is 0 Å². The third-order valence-corrected chi connectivity index (χ3v) is 5.01. The molecule has 1 heterocycles. The van der Waals surface area contributed by atoms with E-state index in [1.807, 2.05) is 0 Å². The molecule has 0 unspecified atom stereocenters. The molecule has 0 atom stereocenters. The van der Waals surface area contributed by atoms with E-state index in [9.17, 15) is 0 Å². The second-order valence-corrected chi connectivity index (χ2v) is 6.80. The summed E-state index contributed by atoms with van der Waals surface area (Å²) < 4.78 is 0.631. The van der Waals surface area contributed by atoms with Crippen LogP contribution in [0.25, 0.3) is 0 Å². The van der Waals surface area contributed by atoms with Gasteiger partial charge in [0, 0.05) is 25.0 Å². The lowest BCUT2D eigenvalue weighted by Gasteiger charge is -2.42. The lowest BCUT2D eigenvalue weighted by Crippen LogP contribution is -2.49. The van der Waals surface area contributed by atoms with Crippen LogP contribution in [-0.2, 0) is 13.0 Å². The molecule has 1 aliphatic heterocycles. The van der Waals surface area contributed by atoms with Crippen LogP contribution in [0.1, 0.15) is 35.4 Å². The summed E-state index contributed by atoms with van der Waals surface area (Å²) in [6, 6.07) is 19.3. The van der Waals surface area contributed by atoms with Gasteiger partial charge in [-0.25, -0.2) is 0 Å². The molecule has 0 saturated carbocycles. The average molecular weight is 306 g/mol. The lowest BCUT2D eigenvalue weighted by atomic mass is 9.86. The predicted molar refractivity (Wildman–Crippen MR) is 95.1 cm³/mol. The molecule has 118 valence electrons. The number of hydrogen-bond donors (Lipinski definition) is 1. The summed E-state index contributed by atoms with van der Waals surface area (Å²) >= 11 is 0. The van der Waals surface area contributed by atoms with Gasteiger partial charge in [-0.05, 0) is 23.5 Å². The minimum atomic E-state index is 0.199. The molecule has 1 saturated heterocycles. The zero-order valence-electron chi connectivity index (χ0n) is 13.7. The van der Waals surface area contributed by atoms with Crippen LogP contribution in [0.4, 0.5) is 0 Å². The standard InChI is InChI=1S/C20H25BNO/c21-22(16-18-6-4-5-17(15-18)11-14-23)12-9-20(10-13-22)19-7-2-1-3-8-19/h1-8,15,20,23H,9-14,16H2/q+1. The SMILES string of the molecule is [B][N+]1(Cc2cccc(CCO)c2)CCC(c2ccccc2)CC1. The summed E-state index contributed by atoms with van der Waals surface area (Å²) in [4.78, 5) is 0. The predicted octanol–water partition coefficient (Wildman–Crippen LogP) is 3.20. The van der Waals surface area contributed by atoms with Crippen molar-refractivity contribution in [3.63, 3.8) is 0 Å². The smallest absolute Gasteiger partial charge is 0.396 e. The minimum Gasteiger partial charge on any atom is -0.396 e. The first-order valence-corrected chi connectivity index (χ1v) is 8.57. The first-order chi connectivity index (χ1) is 11.2. The Morgan fingerprint density at radius 2 is 1.65 bits per heavy atom. The maximum Gasteiger partial charge on any atom is 0.481 e.